The third kappa shape index (κ3) is 7.38. The summed E-state index contributed by atoms with van der Waals surface area (Å²) >= 11 is 0. The smallest absolute Gasteiger partial charge is 0.333 e. The van der Waals surface area contributed by atoms with E-state index in [9.17, 15) is 0 Å². The second-order valence-corrected chi connectivity index (χ2v) is 26.4. The number of anilines is 5. The number of benzene rings is 8. The van der Waals surface area contributed by atoms with Crippen molar-refractivity contribution in [2.24, 2.45) is 0 Å². The zero-order valence-electron chi connectivity index (χ0n) is 45.8. The lowest BCUT2D eigenvalue weighted by Crippen LogP contribution is -2.60. The summed E-state index contributed by atoms with van der Waals surface area (Å²) in [5.41, 5.74) is 22.8. The number of fused-ring (bicyclic) bond motifs is 13. The quantitative estimate of drug-likeness (QED) is 0.164. The summed E-state index contributed by atoms with van der Waals surface area (Å²) in [6, 6.07) is 58.4. The van der Waals surface area contributed by atoms with E-state index in [1.165, 1.54) is 83.2 Å². The largest absolute Gasteiger partial charge is 0.455 e. The normalized spacial score (nSPS) is 13.9. The van der Waals surface area contributed by atoms with Crippen molar-refractivity contribution in [3.05, 3.63) is 179 Å². The molecule has 0 amide bonds. The van der Waals surface area contributed by atoms with Gasteiger partial charge in [-0.1, -0.05) is 177 Å². The highest BCUT2D eigenvalue weighted by Gasteiger charge is 2.46. The lowest BCUT2D eigenvalue weighted by atomic mass is 9.43. The summed E-state index contributed by atoms with van der Waals surface area (Å²) in [4.78, 5) is 5.12. The molecule has 10 aromatic rings. The molecule has 0 saturated heterocycles. The van der Waals surface area contributed by atoms with Gasteiger partial charge in [-0.25, -0.2) is 0 Å². The van der Waals surface area contributed by atoms with E-state index in [2.05, 4.69) is 270 Å². The van der Waals surface area contributed by atoms with Crippen LogP contribution in [0.15, 0.2) is 156 Å². The van der Waals surface area contributed by atoms with Crippen LogP contribution in [0.25, 0.3) is 60.6 Å². The number of hydrogen-bond donors (Lipinski definition) is 0. The number of nitrogens with zero attached hydrogens (tertiary/aromatic N) is 3. The fraction of sp³-hybridized carbons (Fsp3) is 0.294. The minimum absolute atomic E-state index is 0.0207. The number of hydrogen-bond acceptors (Lipinski definition) is 3. The fourth-order valence-corrected chi connectivity index (χ4v) is 11.9. The second-order valence-electron chi connectivity index (χ2n) is 26.4. The van der Waals surface area contributed by atoms with Gasteiger partial charge in [0.15, 0.2) is 0 Å². The van der Waals surface area contributed by atoms with Crippen molar-refractivity contribution in [3.63, 3.8) is 0 Å². The van der Waals surface area contributed by atoms with Crippen LogP contribution >= 0.6 is 0 Å². The van der Waals surface area contributed by atoms with E-state index in [0.29, 0.717) is 0 Å². The Morgan fingerprint density at radius 3 is 1.49 bits per heavy atom. The molecule has 366 valence electrons. The minimum Gasteiger partial charge on any atom is -0.455 e. The molecule has 4 heterocycles. The lowest BCUT2D eigenvalue weighted by molar-refractivity contribution is 0.590. The van der Waals surface area contributed by atoms with Gasteiger partial charge in [0.25, 0.3) is 0 Å². The third-order valence-corrected chi connectivity index (χ3v) is 16.2. The van der Waals surface area contributed by atoms with Gasteiger partial charge >= 0.3 is 6.85 Å². The average molecular weight is 956 g/mol. The third-order valence-electron chi connectivity index (χ3n) is 16.2. The molecule has 0 saturated carbocycles. The summed E-state index contributed by atoms with van der Waals surface area (Å²) in [6.45, 7) is 34.5. The molecule has 2 aromatic heterocycles. The molecule has 0 spiro atoms. The maximum atomic E-state index is 7.29. The molecule has 4 nitrogen and oxygen atoms in total. The van der Waals surface area contributed by atoms with Crippen molar-refractivity contribution in [3.8, 4) is 16.8 Å². The molecule has 0 N–H and O–H groups in total. The molecular formula is C68H70BN3O. The Kier molecular flexibility index (Phi) is 10.2. The Bertz CT molecular complexity index is 3790. The van der Waals surface area contributed by atoms with Gasteiger partial charge in [0.1, 0.15) is 11.2 Å². The van der Waals surface area contributed by atoms with Crippen molar-refractivity contribution >= 4 is 90.0 Å². The molecule has 0 unspecified atom stereocenters. The Labute approximate surface area is 433 Å². The van der Waals surface area contributed by atoms with Crippen LogP contribution in [0.4, 0.5) is 28.4 Å². The van der Waals surface area contributed by atoms with E-state index in [1.54, 1.807) is 0 Å². The van der Waals surface area contributed by atoms with Gasteiger partial charge in [0.2, 0.25) is 0 Å². The summed E-state index contributed by atoms with van der Waals surface area (Å²) in [7, 11) is 0. The van der Waals surface area contributed by atoms with Crippen molar-refractivity contribution in [1.82, 2.24) is 4.57 Å². The fourth-order valence-electron chi connectivity index (χ4n) is 11.9. The van der Waals surface area contributed by atoms with Gasteiger partial charge < -0.3 is 18.7 Å². The number of furan rings is 1. The second kappa shape index (κ2) is 15.8. The summed E-state index contributed by atoms with van der Waals surface area (Å²) in [6.07, 6.45) is 0. The van der Waals surface area contributed by atoms with E-state index in [4.69, 9.17) is 4.42 Å². The molecule has 0 radical (unpaired) electrons. The average Bonchev–Trinajstić information content (AvgIpc) is 3.89. The molecule has 73 heavy (non-hydrogen) atoms. The highest BCUT2D eigenvalue weighted by Crippen LogP contribution is 2.53. The van der Waals surface area contributed by atoms with Crippen LogP contribution in [-0.2, 0) is 27.1 Å². The predicted molar refractivity (Wildman–Crippen MR) is 315 cm³/mol. The van der Waals surface area contributed by atoms with E-state index in [0.717, 1.165) is 44.5 Å². The monoisotopic (exact) mass is 956 g/mol. The Balaban J connectivity index is 1.24. The summed E-state index contributed by atoms with van der Waals surface area (Å²) in [5.74, 6) is 0. The van der Waals surface area contributed by atoms with Gasteiger partial charge in [-0.2, -0.15) is 0 Å². The van der Waals surface area contributed by atoms with Crippen molar-refractivity contribution in [1.29, 1.82) is 0 Å². The lowest BCUT2D eigenvalue weighted by Gasteiger charge is -2.43. The SMILES string of the molecule is CC(C)(C)c1ccc(N2B3c4cc(C(C)(C)C)ccc4-n4c5cc(N(c6ccc(C(C)(C)C)cc6)c6ccc(C(C)(C)C)cc6)ccc5c5c6oc7ccccc7c6c(c3c54)-c3cc(C(C)(C)C)ccc32)cc1. The maximum absolute atomic E-state index is 7.29. The first-order chi connectivity index (χ1) is 34.4. The predicted octanol–water partition coefficient (Wildman–Crippen LogP) is 17.9. The zero-order chi connectivity index (χ0) is 51.5. The molecule has 0 atom stereocenters. The number of rotatable bonds is 4. The highest BCUT2D eigenvalue weighted by atomic mass is 16.3. The first-order valence-corrected chi connectivity index (χ1v) is 26.5. The molecule has 2 aliphatic heterocycles. The summed E-state index contributed by atoms with van der Waals surface area (Å²) in [5, 5.41) is 4.68. The number of aromatic nitrogens is 1. The maximum Gasteiger partial charge on any atom is 0.333 e. The standard InChI is InChI=1S/C68H70BN3O/c1-64(2,3)41-20-28-46(29-21-41)70(47-30-22-42(23-31-47)65(4,5)6)49-34-35-50-56(40-49)71-55-37-27-45(68(13,14)15)39-53(55)69-61-58(59-51-18-16-17-19-57(51)73-63(59)60(50)62(61)71)52-38-44(67(10,11)12)26-36-54(52)72(69)48-32-24-43(25-33-48)66(7,8)9/h16-40H,1-15H3. The van der Waals surface area contributed by atoms with E-state index in [-0.39, 0.29) is 33.9 Å². The van der Waals surface area contributed by atoms with Crippen LogP contribution in [0, 0.1) is 0 Å². The minimum atomic E-state index is -0.142. The van der Waals surface area contributed by atoms with Crippen LogP contribution in [-0.4, -0.2) is 11.4 Å². The molecule has 0 fully saturated rings. The van der Waals surface area contributed by atoms with Gasteiger partial charge in [0, 0.05) is 55.8 Å². The van der Waals surface area contributed by atoms with Crippen molar-refractivity contribution in [2.75, 3.05) is 9.71 Å². The van der Waals surface area contributed by atoms with Crippen molar-refractivity contribution < 1.29 is 4.42 Å². The molecule has 5 heteroatoms. The molecule has 8 aromatic carbocycles. The zero-order valence-corrected chi connectivity index (χ0v) is 45.8. The molecular weight excluding hydrogens is 886 g/mol. The van der Waals surface area contributed by atoms with Gasteiger partial charge in [-0.05, 0) is 150 Å². The van der Waals surface area contributed by atoms with Crippen LogP contribution < -0.4 is 20.6 Å². The van der Waals surface area contributed by atoms with Crippen molar-refractivity contribution in [2.45, 2.75) is 131 Å². The molecule has 2 aliphatic rings. The van der Waals surface area contributed by atoms with Crippen LogP contribution in [0.3, 0.4) is 0 Å². The molecule has 12 rings (SSSR count). The Morgan fingerprint density at radius 2 is 0.932 bits per heavy atom. The topological polar surface area (TPSA) is 24.6 Å². The van der Waals surface area contributed by atoms with Crippen LogP contribution in [0.1, 0.15) is 132 Å². The number of para-hydroxylation sites is 1. The van der Waals surface area contributed by atoms with E-state index in [1.807, 2.05) is 0 Å². The van der Waals surface area contributed by atoms with E-state index >= 15 is 0 Å². The Morgan fingerprint density at radius 1 is 0.438 bits per heavy atom. The highest BCUT2D eigenvalue weighted by molar-refractivity contribution is 6.94. The first kappa shape index (κ1) is 47.1. The van der Waals surface area contributed by atoms with Gasteiger partial charge in [0.05, 0.1) is 16.4 Å². The van der Waals surface area contributed by atoms with Crippen LogP contribution in [0.2, 0.25) is 0 Å². The van der Waals surface area contributed by atoms with Gasteiger partial charge in [-0.15, -0.1) is 0 Å². The first-order valence-electron chi connectivity index (χ1n) is 26.5. The Hall–Kier alpha value is -6.98. The van der Waals surface area contributed by atoms with Crippen LogP contribution in [0.5, 0.6) is 0 Å². The molecule has 0 bridgehead atoms. The summed E-state index contributed by atoms with van der Waals surface area (Å²) < 4.78 is 9.90. The van der Waals surface area contributed by atoms with Gasteiger partial charge in [-0.3, -0.25) is 0 Å². The van der Waals surface area contributed by atoms with E-state index < -0.39 is 0 Å². The molecule has 0 aliphatic carbocycles.